The first-order chi connectivity index (χ1) is 12.9. The Hall–Kier alpha value is -2.23. The number of nitrogens with zero attached hydrogens (tertiary/aromatic N) is 1. The maximum absolute atomic E-state index is 12.5. The van der Waals surface area contributed by atoms with Gasteiger partial charge in [0.2, 0.25) is 5.91 Å². The van der Waals surface area contributed by atoms with Crippen LogP contribution in [0.1, 0.15) is 5.56 Å². The number of thioether (sulfide) groups is 1. The van der Waals surface area contributed by atoms with Crippen molar-refractivity contribution in [3.63, 3.8) is 0 Å². The lowest BCUT2D eigenvalue weighted by molar-refractivity contribution is -0.129. The fourth-order valence-corrected chi connectivity index (χ4v) is 3.29. The number of benzene rings is 1. The van der Waals surface area contributed by atoms with Crippen molar-refractivity contribution in [2.45, 2.75) is 0 Å². The third-order valence-electron chi connectivity index (χ3n) is 3.59. The molecule has 1 fully saturated rings. The van der Waals surface area contributed by atoms with Crippen LogP contribution in [0.5, 0.6) is 11.5 Å². The fraction of sp³-hybridized carbons (Fsp3) is 0.353. The molecular weight excluding hydrogens is 396 g/mol. The van der Waals surface area contributed by atoms with Crippen molar-refractivity contribution < 1.29 is 28.6 Å². The van der Waals surface area contributed by atoms with E-state index < -0.39 is 17.1 Å². The molecule has 27 heavy (non-hydrogen) atoms. The molecule has 1 aromatic rings. The van der Waals surface area contributed by atoms with Gasteiger partial charge in [-0.25, -0.2) is 0 Å². The van der Waals surface area contributed by atoms with Crippen molar-refractivity contribution in [3.8, 4) is 11.5 Å². The predicted octanol–water partition coefficient (Wildman–Crippen LogP) is 2.16. The highest BCUT2D eigenvalue weighted by Gasteiger charge is 2.36. The number of halogens is 1. The molecule has 1 aliphatic rings. The number of amides is 3. The molecule has 0 atom stereocenters. The molecule has 1 saturated heterocycles. The van der Waals surface area contributed by atoms with E-state index in [1.807, 2.05) is 0 Å². The Labute approximate surface area is 165 Å². The van der Waals surface area contributed by atoms with Gasteiger partial charge in [-0.1, -0.05) is 11.6 Å². The molecule has 10 heteroatoms. The third kappa shape index (κ3) is 5.15. The fourth-order valence-electron chi connectivity index (χ4n) is 2.25. The lowest BCUT2D eigenvalue weighted by atomic mass is 10.1. The normalized spacial score (nSPS) is 15.4. The quantitative estimate of drug-likeness (QED) is 0.514. The van der Waals surface area contributed by atoms with E-state index in [1.54, 1.807) is 12.1 Å². The van der Waals surface area contributed by atoms with E-state index in [0.29, 0.717) is 35.2 Å². The Morgan fingerprint density at radius 2 is 1.89 bits per heavy atom. The second-order valence-corrected chi connectivity index (χ2v) is 6.74. The van der Waals surface area contributed by atoms with Crippen molar-refractivity contribution in [1.29, 1.82) is 0 Å². The van der Waals surface area contributed by atoms with E-state index in [0.717, 1.165) is 16.7 Å². The summed E-state index contributed by atoms with van der Waals surface area (Å²) in [5, 5.41) is 2.37. The van der Waals surface area contributed by atoms with Crippen LogP contribution in [0.15, 0.2) is 17.0 Å². The minimum Gasteiger partial charge on any atom is -0.493 e. The van der Waals surface area contributed by atoms with Crippen LogP contribution in [0.3, 0.4) is 0 Å². The van der Waals surface area contributed by atoms with Crippen molar-refractivity contribution in [2.24, 2.45) is 0 Å². The first kappa shape index (κ1) is 21.1. The van der Waals surface area contributed by atoms with Crippen molar-refractivity contribution >= 4 is 46.5 Å². The van der Waals surface area contributed by atoms with E-state index in [9.17, 15) is 14.4 Å². The van der Waals surface area contributed by atoms with Gasteiger partial charge < -0.3 is 19.5 Å². The number of rotatable bonds is 8. The Morgan fingerprint density at radius 3 is 2.52 bits per heavy atom. The molecule has 0 spiro atoms. The summed E-state index contributed by atoms with van der Waals surface area (Å²) in [7, 11) is 4.47. The van der Waals surface area contributed by atoms with E-state index in [2.05, 4.69) is 5.32 Å². The summed E-state index contributed by atoms with van der Waals surface area (Å²) in [6.45, 7) is 0.277. The van der Waals surface area contributed by atoms with Gasteiger partial charge in [-0.3, -0.25) is 19.3 Å². The summed E-state index contributed by atoms with van der Waals surface area (Å²) in [5.41, 5.74) is 0.490. The summed E-state index contributed by atoms with van der Waals surface area (Å²) < 4.78 is 15.2. The molecule has 0 aromatic heterocycles. The Kier molecular flexibility index (Phi) is 7.52. The summed E-state index contributed by atoms with van der Waals surface area (Å²) in [6.07, 6.45) is 1.48. The Morgan fingerprint density at radius 1 is 1.22 bits per heavy atom. The average molecular weight is 415 g/mol. The third-order valence-corrected chi connectivity index (χ3v) is 4.83. The minimum atomic E-state index is -0.558. The van der Waals surface area contributed by atoms with Gasteiger partial charge in [-0.2, -0.15) is 0 Å². The van der Waals surface area contributed by atoms with Gasteiger partial charge in [0, 0.05) is 19.7 Å². The first-order valence-corrected chi connectivity index (χ1v) is 9.03. The van der Waals surface area contributed by atoms with Crippen LogP contribution in [0.4, 0.5) is 4.79 Å². The first-order valence-electron chi connectivity index (χ1n) is 7.83. The van der Waals surface area contributed by atoms with Gasteiger partial charge in [0.25, 0.3) is 11.1 Å². The van der Waals surface area contributed by atoms with Crippen LogP contribution in [0.25, 0.3) is 6.08 Å². The number of hydrogen-bond acceptors (Lipinski definition) is 7. The van der Waals surface area contributed by atoms with Crippen LogP contribution in [-0.2, 0) is 14.3 Å². The van der Waals surface area contributed by atoms with Crippen molar-refractivity contribution in [2.75, 3.05) is 41.0 Å². The largest absolute Gasteiger partial charge is 0.493 e. The standard InChI is InChI=1S/C17H19ClN2O6S/c1-24-5-4-19-15(21)9-20-16(22)14(27-17(20)23)7-10-6-12(25-2)13(26-3)8-11(10)18/h6-8H,4-5,9H2,1-3H3,(H,19,21)/b14-7-. The smallest absolute Gasteiger partial charge is 0.294 e. The molecule has 2 rings (SSSR count). The van der Waals surface area contributed by atoms with Gasteiger partial charge >= 0.3 is 0 Å². The molecule has 146 valence electrons. The van der Waals surface area contributed by atoms with Gasteiger partial charge in [0.05, 0.1) is 30.8 Å². The molecule has 3 amide bonds. The number of carbonyl (C=O) groups excluding carboxylic acids is 3. The number of hydrogen-bond donors (Lipinski definition) is 1. The molecule has 0 radical (unpaired) electrons. The Balaban J connectivity index is 2.17. The van der Waals surface area contributed by atoms with E-state index in [-0.39, 0.29) is 11.4 Å². The van der Waals surface area contributed by atoms with Gasteiger partial charge in [0.15, 0.2) is 11.5 Å². The lowest BCUT2D eigenvalue weighted by Crippen LogP contribution is -2.40. The molecule has 1 N–H and O–H groups in total. The summed E-state index contributed by atoms with van der Waals surface area (Å²) >= 11 is 6.96. The lowest BCUT2D eigenvalue weighted by Gasteiger charge is -2.12. The highest BCUT2D eigenvalue weighted by Crippen LogP contribution is 2.37. The van der Waals surface area contributed by atoms with Gasteiger partial charge in [-0.15, -0.1) is 0 Å². The van der Waals surface area contributed by atoms with E-state index >= 15 is 0 Å². The molecule has 0 unspecified atom stereocenters. The molecule has 1 aromatic carbocycles. The van der Waals surface area contributed by atoms with Gasteiger partial charge in [0.1, 0.15) is 6.54 Å². The molecule has 8 nitrogen and oxygen atoms in total. The maximum Gasteiger partial charge on any atom is 0.294 e. The highest BCUT2D eigenvalue weighted by atomic mass is 35.5. The van der Waals surface area contributed by atoms with Crippen LogP contribution in [-0.4, -0.2) is 63.0 Å². The second kappa shape index (κ2) is 9.63. The van der Waals surface area contributed by atoms with E-state index in [4.69, 9.17) is 25.8 Å². The summed E-state index contributed by atoms with van der Waals surface area (Å²) in [5.74, 6) is -0.122. The van der Waals surface area contributed by atoms with Crippen LogP contribution in [0.2, 0.25) is 5.02 Å². The number of carbonyl (C=O) groups is 3. The monoisotopic (exact) mass is 414 g/mol. The molecule has 0 aliphatic carbocycles. The number of nitrogens with one attached hydrogen (secondary N) is 1. The molecule has 0 bridgehead atoms. The van der Waals surface area contributed by atoms with Crippen molar-refractivity contribution in [3.05, 3.63) is 27.6 Å². The van der Waals surface area contributed by atoms with Crippen LogP contribution < -0.4 is 14.8 Å². The SMILES string of the molecule is COCCNC(=O)CN1C(=O)S/C(=C\c2cc(OC)c(OC)cc2Cl)C1=O. The zero-order chi connectivity index (χ0) is 20.0. The predicted molar refractivity (Wildman–Crippen MR) is 102 cm³/mol. The topological polar surface area (TPSA) is 94.2 Å². The maximum atomic E-state index is 12.5. The van der Waals surface area contributed by atoms with E-state index in [1.165, 1.54) is 27.4 Å². The van der Waals surface area contributed by atoms with Crippen molar-refractivity contribution in [1.82, 2.24) is 10.2 Å². The molecule has 0 saturated carbocycles. The zero-order valence-corrected chi connectivity index (χ0v) is 16.6. The van der Waals surface area contributed by atoms with Crippen LogP contribution >= 0.6 is 23.4 Å². The molecular formula is C17H19ClN2O6S. The number of methoxy groups -OCH3 is 3. The number of imide groups is 1. The molecule has 1 aliphatic heterocycles. The highest BCUT2D eigenvalue weighted by molar-refractivity contribution is 8.18. The average Bonchev–Trinajstić information content (AvgIpc) is 2.90. The number of ether oxygens (including phenoxy) is 3. The Bertz CT molecular complexity index is 783. The van der Waals surface area contributed by atoms with Crippen LogP contribution in [0, 0.1) is 0 Å². The zero-order valence-electron chi connectivity index (χ0n) is 15.0. The van der Waals surface area contributed by atoms with Gasteiger partial charge in [-0.05, 0) is 29.5 Å². The summed E-state index contributed by atoms with van der Waals surface area (Å²) in [4.78, 5) is 37.5. The minimum absolute atomic E-state index is 0.166. The summed E-state index contributed by atoms with van der Waals surface area (Å²) in [6, 6.07) is 3.16. The second-order valence-electron chi connectivity index (χ2n) is 5.34. The molecule has 1 heterocycles.